The molecule has 80 heavy (non-hydrogen) atoms. The Labute approximate surface area is 500 Å². The molecule has 0 heterocycles. The second-order valence-corrected chi connectivity index (χ2v) is 25.3. The zero-order chi connectivity index (χ0) is 58.0. The normalized spacial score (nSPS) is 13.6. The minimum Gasteiger partial charge on any atom is -0.394 e. The van der Waals surface area contributed by atoms with Gasteiger partial charge in [0.2, 0.25) is 5.91 Å². The van der Waals surface area contributed by atoms with E-state index in [0.29, 0.717) is 19.3 Å². The number of aliphatic hydroxyl groups excluding tert-OH is 4. The highest BCUT2D eigenvalue weighted by molar-refractivity contribution is 5.80. The fourth-order valence-electron chi connectivity index (χ4n) is 11.7. The van der Waals surface area contributed by atoms with Crippen LogP contribution in [0.25, 0.3) is 0 Å². The zero-order valence-electron chi connectivity index (χ0n) is 54.1. The number of hydrogen-bond donors (Lipinski definition) is 5. The van der Waals surface area contributed by atoms with E-state index in [1.165, 1.54) is 327 Å². The highest BCUT2D eigenvalue weighted by Gasteiger charge is 2.28. The Bertz CT molecular complexity index is 1270. The van der Waals surface area contributed by atoms with Gasteiger partial charge in [-0.15, -0.1) is 0 Å². The van der Waals surface area contributed by atoms with E-state index in [1.54, 1.807) is 0 Å². The second kappa shape index (κ2) is 68.3. The van der Waals surface area contributed by atoms with E-state index in [9.17, 15) is 25.2 Å². The van der Waals surface area contributed by atoms with Gasteiger partial charge in [-0.3, -0.25) is 4.79 Å². The van der Waals surface area contributed by atoms with Crippen LogP contribution in [0.3, 0.4) is 0 Å². The average molecular weight is 1130 g/mol. The van der Waals surface area contributed by atoms with Crippen LogP contribution in [0, 0.1) is 0 Å². The topological polar surface area (TPSA) is 110 Å². The summed E-state index contributed by atoms with van der Waals surface area (Å²) in [5.74, 6) is -0.591. The monoisotopic (exact) mass is 1130 g/mol. The molecule has 0 bridgehead atoms. The van der Waals surface area contributed by atoms with Crippen molar-refractivity contribution in [3.05, 3.63) is 36.5 Å². The third-order valence-corrected chi connectivity index (χ3v) is 17.3. The molecule has 6 nitrogen and oxygen atoms in total. The smallest absolute Gasteiger partial charge is 0.249 e. The van der Waals surface area contributed by atoms with Crippen molar-refractivity contribution < 1.29 is 25.2 Å². The Morgan fingerprint density at radius 1 is 0.300 bits per heavy atom. The Hall–Kier alpha value is -1.47. The number of hydrogen-bond acceptors (Lipinski definition) is 5. The van der Waals surface area contributed by atoms with E-state index in [0.717, 1.165) is 38.5 Å². The first-order valence-electron chi connectivity index (χ1n) is 36.4. The molecule has 0 fully saturated rings. The van der Waals surface area contributed by atoms with Gasteiger partial charge in [0.25, 0.3) is 0 Å². The lowest BCUT2D eigenvalue weighted by atomic mass is 10.00. The molecule has 0 saturated heterocycles. The molecule has 0 aromatic rings. The molecule has 0 aliphatic carbocycles. The third kappa shape index (κ3) is 61.1. The summed E-state index contributed by atoms with van der Waals surface area (Å²) in [6.45, 7) is 4.10. The summed E-state index contributed by atoms with van der Waals surface area (Å²) in [7, 11) is 0. The van der Waals surface area contributed by atoms with Gasteiger partial charge in [-0.05, 0) is 77.0 Å². The number of amides is 1. The summed E-state index contributed by atoms with van der Waals surface area (Å²) in [6.07, 6.45) is 88.6. The minimum absolute atomic E-state index is 0.362. The molecule has 0 saturated carbocycles. The van der Waals surface area contributed by atoms with Crippen LogP contribution in [-0.4, -0.2) is 57.3 Å². The first-order chi connectivity index (χ1) is 39.5. The van der Waals surface area contributed by atoms with Gasteiger partial charge in [0, 0.05) is 0 Å². The van der Waals surface area contributed by atoms with E-state index in [2.05, 4.69) is 55.6 Å². The molecule has 4 unspecified atom stereocenters. The van der Waals surface area contributed by atoms with Crippen LogP contribution in [-0.2, 0) is 4.79 Å². The van der Waals surface area contributed by atoms with Gasteiger partial charge in [0.15, 0.2) is 0 Å². The van der Waals surface area contributed by atoms with Crippen molar-refractivity contribution in [2.24, 2.45) is 0 Å². The summed E-state index contributed by atoms with van der Waals surface area (Å²) in [4.78, 5) is 12.7. The molecular formula is C74H143NO5. The molecule has 5 N–H and O–H groups in total. The van der Waals surface area contributed by atoms with Gasteiger partial charge < -0.3 is 25.7 Å². The molecular weight excluding hydrogens is 983 g/mol. The minimum atomic E-state index is -1.29. The lowest BCUT2D eigenvalue weighted by Crippen LogP contribution is -2.53. The van der Waals surface area contributed by atoms with Crippen LogP contribution >= 0.6 is 0 Å². The first kappa shape index (κ1) is 78.5. The average Bonchev–Trinajstić information content (AvgIpc) is 3.46. The molecule has 474 valence electrons. The van der Waals surface area contributed by atoms with Crippen molar-refractivity contribution in [1.29, 1.82) is 0 Å². The summed E-state index contributed by atoms with van der Waals surface area (Å²) in [6, 6.07) is -1.01. The Balaban J connectivity index is 3.56. The fraction of sp³-hybridized carbons (Fsp3) is 0.905. The Kier molecular flexibility index (Phi) is 67.1. The third-order valence-electron chi connectivity index (χ3n) is 17.3. The van der Waals surface area contributed by atoms with Crippen LogP contribution in [0.15, 0.2) is 36.5 Å². The van der Waals surface area contributed by atoms with Gasteiger partial charge in [-0.2, -0.15) is 0 Å². The van der Waals surface area contributed by atoms with E-state index in [4.69, 9.17) is 0 Å². The van der Waals surface area contributed by atoms with Crippen LogP contribution in [0.1, 0.15) is 399 Å². The highest BCUT2D eigenvalue weighted by Crippen LogP contribution is 2.19. The number of allylic oxidation sites excluding steroid dienone is 6. The fourth-order valence-corrected chi connectivity index (χ4v) is 11.7. The Morgan fingerprint density at radius 3 is 0.787 bits per heavy atom. The molecule has 6 heteroatoms. The number of rotatable bonds is 68. The number of carbonyl (C=O) groups is 1. The molecule has 4 atom stereocenters. The quantitative estimate of drug-likeness (QED) is 0.0308. The van der Waals surface area contributed by atoms with Crippen molar-refractivity contribution in [1.82, 2.24) is 5.32 Å². The van der Waals surface area contributed by atoms with Crippen molar-refractivity contribution >= 4 is 5.91 Å². The van der Waals surface area contributed by atoms with Crippen molar-refractivity contribution in [2.75, 3.05) is 6.61 Å². The maximum Gasteiger partial charge on any atom is 0.249 e. The number of carbonyl (C=O) groups excluding carboxylic acids is 1. The van der Waals surface area contributed by atoms with Gasteiger partial charge >= 0.3 is 0 Å². The number of nitrogens with one attached hydrogen (secondary N) is 1. The highest BCUT2D eigenvalue weighted by atomic mass is 16.3. The lowest BCUT2D eigenvalue weighted by Gasteiger charge is -2.27. The predicted octanol–water partition coefficient (Wildman–Crippen LogP) is 22.7. The lowest BCUT2D eigenvalue weighted by molar-refractivity contribution is -0.132. The van der Waals surface area contributed by atoms with Gasteiger partial charge in [0.1, 0.15) is 12.2 Å². The SMILES string of the molecule is CCCCCCCCCCCCCCCCCC/C=C\CCCCCCCCCCCCCCCCCCC(O)C(=O)NC(CO)C(O)C(O)CCC/C=C/CC/C=C/CCCCCCCCCCCCCCCCCCCCC. The molecule has 1 amide bonds. The van der Waals surface area contributed by atoms with Gasteiger partial charge in [0.05, 0.1) is 18.8 Å². The standard InChI is InChI=1S/C74H143NO5/c1-3-5-7-9-11-13-15-17-19-21-23-25-27-29-31-33-34-35-36-37-38-39-40-42-44-46-48-50-52-54-56-58-60-62-64-66-68-72(78)74(80)75-70(69-76)73(79)71(77)67-65-63-61-59-57-55-53-51-49-47-45-43-41-32-30-28-26-24-22-20-18-16-14-12-10-8-6-4-2/h35-36,51,53,59,61,70-73,76-79H,3-34,37-50,52,54-58,60,62-69H2,1-2H3,(H,75,80)/b36-35-,53-51+,61-59+. The van der Waals surface area contributed by atoms with E-state index >= 15 is 0 Å². The number of aliphatic hydroxyl groups is 4. The number of unbranched alkanes of at least 4 members (excludes halogenated alkanes) is 53. The first-order valence-corrected chi connectivity index (χ1v) is 36.4. The molecule has 0 radical (unpaired) electrons. The predicted molar refractivity (Wildman–Crippen MR) is 353 cm³/mol. The zero-order valence-corrected chi connectivity index (χ0v) is 54.1. The largest absolute Gasteiger partial charge is 0.394 e. The molecule has 0 rings (SSSR count). The van der Waals surface area contributed by atoms with E-state index in [1.807, 2.05) is 0 Å². The van der Waals surface area contributed by atoms with E-state index < -0.39 is 36.9 Å². The maximum absolute atomic E-state index is 12.7. The molecule has 0 aliphatic rings. The molecule has 0 spiro atoms. The van der Waals surface area contributed by atoms with Crippen molar-refractivity contribution in [2.45, 2.75) is 423 Å². The van der Waals surface area contributed by atoms with Crippen LogP contribution in [0.2, 0.25) is 0 Å². The molecule has 0 aromatic carbocycles. The van der Waals surface area contributed by atoms with Crippen LogP contribution in [0.4, 0.5) is 0 Å². The summed E-state index contributed by atoms with van der Waals surface area (Å²) >= 11 is 0. The summed E-state index contributed by atoms with van der Waals surface area (Å²) < 4.78 is 0. The molecule has 0 aromatic heterocycles. The van der Waals surface area contributed by atoms with Crippen molar-refractivity contribution in [3.8, 4) is 0 Å². The summed E-state index contributed by atoms with van der Waals surface area (Å²) in [5, 5.41) is 44.2. The van der Waals surface area contributed by atoms with Gasteiger partial charge in [-0.1, -0.05) is 359 Å². The van der Waals surface area contributed by atoms with Gasteiger partial charge in [-0.25, -0.2) is 0 Å². The Morgan fingerprint density at radius 2 is 0.525 bits per heavy atom. The molecule has 0 aliphatic heterocycles. The van der Waals surface area contributed by atoms with Crippen molar-refractivity contribution in [3.63, 3.8) is 0 Å². The summed E-state index contributed by atoms with van der Waals surface area (Å²) in [5.41, 5.74) is 0. The van der Waals surface area contributed by atoms with Crippen LogP contribution < -0.4 is 5.32 Å². The maximum atomic E-state index is 12.7. The second-order valence-electron chi connectivity index (χ2n) is 25.3. The van der Waals surface area contributed by atoms with Crippen LogP contribution in [0.5, 0.6) is 0 Å². The van der Waals surface area contributed by atoms with E-state index in [-0.39, 0.29) is 0 Å².